The monoisotopic (exact) mass is 392 g/mol. The first-order chi connectivity index (χ1) is 11.7. The van der Waals surface area contributed by atoms with Gasteiger partial charge in [-0.25, -0.2) is 8.42 Å². The minimum atomic E-state index is -4.65. The van der Waals surface area contributed by atoms with Crippen LogP contribution in [0.1, 0.15) is 16.5 Å². The number of aromatic nitrogens is 1. The smallest absolute Gasteiger partial charge is 0.399 e. The topological polar surface area (TPSA) is 68.6 Å². The van der Waals surface area contributed by atoms with E-state index in [9.17, 15) is 21.6 Å². The van der Waals surface area contributed by atoms with E-state index in [4.69, 9.17) is 11.6 Å². The molecule has 0 radical (unpaired) electrons. The molecule has 1 aromatic heterocycles. The molecule has 0 saturated carbocycles. The molecule has 134 valence electrons. The number of pyridine rings is 1. The summed E-state index contributed by atoms with van der Waals surface area (Å²) in [6.07, 6.45) is -3.21. The van der Waals surface area contributed by atoms with E-state index in [2.05, 4.69) is 15.0 Å². The molecule has 2 aromatic rings. The fraction of sp³-hybridized carbons (Fsp3) is 0.200. The largest absolute Gasteiger partial charge is 0.417 e. The van der Waals surface area contributed by atoms with Crippen molar-refractivity contribution in [1.82, 2.24) is 4.98 Å². The van der Waals surface area contributed by atoms with Crippen molar-refractivity contribution < 1.29 is 26.4 Å². The van der Waals surface area contributed by atoms with Crippen molar-refractivity contribution in [2.24, 2.45) is 5.16 Å². The van der Waals surface area contributed by atoms with Crippen LogP contribution >= 0.6 is 11.6 Å². The molecule has 0 unspecified atom stereocenters. The summed E-state index contributed by atoms with van der Waals surface area (Å²) in [4.78, 5) is 8.05. The number of hydrogen-bond donors (Lipinski definition) is 0. The Morgan fingerprint density at radius 3 is 2.44 bits per heavy atom. The molecule has 0 amide bonds. The third-order valence-corrected chi connectivity index (χ3v) is 5.42. The first kappa shape index (κ1) is 19.2. The second-order valence-electron chi connectivity index (χ2n) is 4.80. The van der Waals surface area contributed by atoms with Gasteiger partial charge < -0.3 is 4.84 Å². The van der Waals surface area contributed by atoms with Gasteiger partial charge in [0.05, 0.1) is 27.4 Å². The Hall–Kier alpha value is -2.13. The maximum Gasteiger partial charge on any atom is 0.417 e. The average Bonchev–Trinajstić information content (AvgIpc) is 2.56. The highest BCUT2D eigenvalue weighted by atomic mass is 35.5. The van der Waals surface area contributed by atoms with E-state index >= 15 is 0 Å². The first-order valence-corrected chi connectivity index (χ1v) is 8.68. The predicted octanol–water partition coefficient (Wildman–Crippen LogP) is 3.90. The lowest BCUT2D eigenvalue weighted by molar-refractivity contribution is -0.137. The van der Waals surface area contributed by atoms with Crippen molar-refractivity contribution in [2.75, 3.05) is 7.11 Å². The SMILES string of the molecule is CO/N=C\[C@H](c1ncc(C(F)(F)F)cc1Cl)S(=O)(=O)c1ccccc1. The van der Waals surface area contributed by atoms with Gasteiger partial charge >= 0.3 is 6.18 Å². The zero-order valence-corrected chi connectivity index (χ0v) is 14.3. The van der Waals surface area contributed by atoms with Gasteiger partial charge in [-0.1, -0.05) is 35.0 Å². The van der Waals surface area contributed by atoms with Gasteiger partial charge in [0.2, 0.25) is 0 Å². The molecule has 0 aliphatic carbocycles. The van der Waals surface area contributed by atoms with E-state index in [-0.39, 0.29) is 10.6 Å². The van der Waals surface area contributed by atoms with Gasteiger partial charge in [-0.05, 0) is 18.2 Å². The van der Waals surface area contributed by atoms with Crippen LogP contribution in [0.15, 0.2) is 52.6 Å². The highest BCUT2D eigenvalue weighted by Crippen LogP contribution is 2.35. The summed E-state index contributed by atoms with van der Waals surface area (Å²) < 4.78 is 63.8. The molecule has 0 saturated heterocycles. The number of alkyl halides is 3. The van der Waals surface area contributed by atoms with Gasteiger partial charge in [-0.2, -0.15) is 13.2 Å². The van der Waals surface area contributed by atoms with E-state index in [0.29, 0.717) is 12.3 Å². The summed E-state index contributed by atoms with van der Waals surface area (Å²) in [7, 11) is -2.86. The van der Waals surface area contributed by atoms with Crippen molar-refractivity contribution in [2.45, 2.75) is 16.3 Å². The molecule has 0 fully saturated rings. The quantitative estimate of drug-likeness (QED) is 0.571. The first-order valence-electron chi connectivity index (χ1n) is 6.76. The molecule has 1 heterocycles. The lowest BCUT2D eigenvalue weighted by Gasteiger charge is -2.15. The zero-order valence-electron chi connectivity index (χ0n) is 12.7. The highest BCUT2D eigenvalue weighted by molar-refractivity contribution is 7.92. The molecular formula is C15H12ClF3N2O3S. The molecule has 2 rings (SSSR count). The molecule has 10 heteroatoms. The molecule has 1 aromatic carbocycles. The number of oxime groups is 1. The third-order valence-electron chi connectivity index (χ3n) is 3.17. The maximum atomic E-state index is 12.8. The number of benzene rings is 1. The Morgan fingerprint density at radius 1 is 1.28 bits per heavy atom. The molecule has 0 spiro atoms. The lowest BCUT2D eigenvalue weighted by Crippen LogP contribution is -2.18. The van der Waals surface area contributed by atoms with Gasteiger partial charge in [0.25, 0.3) is 0 Å². The fourth-order valence-electron chi connectivity index (χ4n) is 1.98. The van der Waals surface area contributed by atoms with E-state index in [1.165, 1.54) is 31.4 Å². The Balaban J connectivity index is 2.58. The van der Waals surface area contributed by atoms with Crippen LogP contribution in [0.25, 0.3) is 0 Å². The molecule has 0 aliphatic heterocycles. The molecule has 1 atom stereocenters. The highest BCUT2D eigenvalue weighted by Gasteiger charge is 2.35. The second kappa shape index (κ2) is 7.40. The normalized spacial score (nSPS) is 13.8. The van der Waals surface area contributed by atoms with Crippen LogP contribution in [-0.2, 0) is 20.9 Å². The molecule has 0 aliphatic rings. The Bertz CT molecular complexity index is 871. The van der Waals surface area contributed by atoms with Gasteiger partial charge in [-0.15, -0.1) is 0 Å². The van der Waals surface area contributed by atoms with Crippen LogP contribution in [0, 0.1) is 0 Å². The molecule has 0 bridgehead atoms. The molecule has 0 N–H and O–H groups in total. The second-order valence-corrected chi connectivity index (χ2v) is 7.28. The standard InChI is InChI=1S/C15H12ClF3N2O3S/c1-24-21-9-13(25(22,23)11-5-3-2-4-6-11)14-12(16)7-10(8-20-14)15(17,18)19/h2-9,13H,1H3/b21-9-/t13-/m1/s1. The predicted molar refractivity (Wildman–Crippen MR) is 86.1 cm³/mol. The number of sulfone groups is 1. The van der Waals surface area contributed by atoms with Crippen LogP contribution in [0.4, 0.5) is 13.2 Å². The maximum absolute atomic E-state index is 12.8. The number of halogens is 4. The Kier molecular flexibility index (Phi) is 5.69. The summed E-state index contributed by atoms with van der Waals surface area (Å²) >= 11 is 5.87. The van der Waals surface area contributed by atoms with Crippen molar-refractivity contribution in [3.8, 4) is 0 Å². The van der Waals surface area contributed by atoms with Crippen LogP contribution in [0.2, 0.25) is 5.02 Å². The summed E-state index contributed by atoms with van der Waals surface area (Å²) in [6, 6.07) is 7.97. The average molecular weight is 393 g/mol. The summed E-state index contributed by atoms with van der Waals surface area (Å²) in [6.45, 7) is 0. The number of rotatable bonds is 5. The Morgan fingerprint density at radius 2 is 1.92 bits per heavy atom. The van der Waals surface area contributed by atoms with Crippen LogP contribution in [0.5, 0.6) is 0 Å². The van der Waals surface area contributed by atoms with Crippen LogP contribution < -0.4 is 0 Å². The molecule has 5 nitrogen and oxygen atoms in total. The van der Waals surface area contributed by atoms with Gasteiger partial charge in [0.1, 0.15) is 12.4 Å². The van der Waals surface area contributed by atoms with E-state index < -0.39 is 31.8 Å². The van der Waals surface area contributed by atoms with Gasteiger partial charge in [0, 0.05) is 6.20 Å². The number of hydrogen-bond acceptors (Lipinski definition) is 5. The van der Waals surface area contributed by atoms with E-state index in [0.717, 1.165) is 6.21 Å². The van der Waals surface area contributed by atoms with Gasteiger partial charge in [-0.3, -0.25) is 4.98 Å². The van der Waals surface area contributed by atoms with Crippen molar-refractivity contribution in [3.63, 3.8) is 0 Å². The molecular weight excluding hydrogens is 381 g/mol. The number of nitrogens with zero attached hydrogens (tertiary/aromatic N) is 2. The van der Waals surface area contributed by atoms with E-state index in [1.54, 1.807) is 6.07 Å². The minimum Gasteiger partial charge on any atom is -0.399 e. The zero-order chi connectivity index (χ0) is 18.7. The Labute approximate surface area is 147 Å². The van der Waals surface area contributed by atoms with Crippen molar-refractivity contribution >= 4 is 27.7 Å². The van der Waals surface area contributed by atoms with Crippen LogP contribution in [-0.4, -0.2) is 26.7 Å². The summed E-state index contributed by atoms with van der Waals surface area (Å²) in [5, 5.41) is 1.48. The van der Waals surface area contributed by atoms with Crippen molar-refractivity contribution in [3.05, 3.63) is 58.9 Å². The van der Waals surface area contributed by atoms with Crippen molar-refractivity contribution in [1.29, 1.82) is 0 Å². The van der Waals surface area contributed by atoms with Gasteiger partial charge in [0.15, 0.2) is 9.84 Å². The lowest BCUT2D eigenvalue weighted by atomic mass is 10.2. The van der Waals surface area contributed by atoms with E-state index in [1.807, 2.05) is 0 Å². The summed E-state index contributed by atoms with van der Waals surface area (Å²) in [5.74, 6) is 0. The molecule has 25 heavy (non-hydrogen) atoms. The minimum absolute atomic E-state index is 0.0553. The van der Waals surface area contributed by atoms with Crippen LogP contribution in [0.3, 0.4) is 0 Å². The summed E-state index contributed by atoms with van der Waals surface area (Å²) in [5.41, 5.74) is -1.36. The fourth-order valence-corrected chi connectivity index (χ4v) is 3.85. The third kappa shape index (κ3) is 4.29.